The fourth-order valence-electron chi connectivity index (χ4n) is 3.87. The van der Waals surface area contributed by atoms with Crippen molar-refractivity contribution in [3.63, 3.8) is 0 Å². The topological polar surface area (TPSA) is 103 Å². The van der Waals surface area contributed by atoms with Gasteiger partial charge in [-0.05, 0) is 42.7 Å². The van der Waals surface area contributed by atoms with Crippen LogP contribution in [0.5, 0.6) is 5.75 Å². The van der Waals surface area contributed by atoms with E-state index in [2.05, 4.69) is 4.90 Å². The Kier molecular flexibility index (Phi) is 6.87. The highest BCUT2D eigenvalue weighted by atomic mass is 35.5. The largest absolute Gasteiger partial charge is 0.497 e. The van der Waals surface area contributed by atoms with E-state index in [4.69, 9.17) is 21.3 Å². The quantitative estimate of drug-likeness (QED) is 0.336. The number of methoxy groups -OCH3 is 1. The Morgan fingerprint density at radius 3 is 2.70 bits per heavy atom. The van der Waals surface area contributed by atoms with Gasteiger partial charge < -0.3 is 9.64 Å². The number of piperidine rings is 1. The van der Waals surface area contributed by atoms with Crippen molar-refractivity contribution in [1.82, 2.24) is 4.98 Å². The van der Waals surface area contributed by atoms with E-state index in [-0.39, 0.29) is 9.92 Å². The van der Waals surface area contributed by atoms with Crippen LogP contribution in [0.3, 0.4) is 0 Å². The summed E-state index contributed by atoms with van der Waals surface area (Å²) in [4.78, 5) is 17.2. The molecule has 0 atom stereocenters. The van der Waals surface area contributed by atoms with E-state index >= 15 is 0 Å². The third-order valence-electron chi connectivity index (χ3n) is 5.65. The van der Waals surface area contributed by atoms with Gasteiger partial charge in [-0.25, -0.2) is 13.4 Å². The number of benzene rings is 2. The van der Waals surface area contributed by atoms with Crippen LogP contribution in [0, 0.1) is 10.1 Å². The maximum Gasteiger partial charge on any atom is 0.289 e. The number of hydrogen-bond acceptors (Lipinski definition) is 8. The zero-order valence-electron chi connectivity index (χ0n) is 17.8. The molecule has 1 saturated heterocycles. The summed E-state index contributed by atoms with van der Waals surface area (Å²) in [6.45, 7) is 1.09. The van der Waals surface area contributed by atoms with Crippen LogP contribution in [-0.2, 0) is 16.3 Å². The van der Waals surface area contributed by atoms with Gasteiger partial charge in [-0.1, -0.05) is 23.7 Å². The molecule has 0 N–H and O–H groups in total. The molecule has 0 unspecified atom stereocenters. The van der Waals surface area contributed by atoms with Crippen molar-refractivity contribution in [2.45, 2.75) is 29.4 Å². The Balaban J connectivity index is 1.42. The Morgan fingerprint density at radius 2 is 2.00 bits per heavy atom. The standard InChI is InChI=1S/C22H22ClN3O5S2/c1-31-17-4-2-3-15(12-17)11-16-14-32-22(24-16)25-9-7-18(8-10-25)33(29,30)19-5-6-20(23)21(13-19)26(27)28/h2-6,12-14,18H,7-11H2,1H3. The van der Waals surface area contributed by atoms with Crippen molar-refractivity contribution < 1.29 is 18.1 Å². The molecular weight excluding hydrogens is 486 g/mol. The van der Waals surface area contributed by atoms with E-state index in [1.807, 2.05) is 29.6 Å². The molecule has 11 heteroatoms. The summed E-state index contributed by atoms with van der Waals surface area (Å²) >= 11 is 7.37. The second-order valence-electron chi connectivity index (χ2n) is 7.75. The lowest BCUT2D eigenvalue weighted by molar-refractivity contribution is -0.384. The molecule has 1 aliphatic heterocycles. The number of nitrogens with zero attached hydrogens (tertiary/aromatic N) is 3. The SMILES string of the molecule is COc1cccc(Cc2csc(N3CCC(S(=O)(=O)c4ccc(Cl)c([N+](=O)[O-])c4)CC3)n2)c1. The number of anilines is 1. The molecule has 0 radical (unpaired) electrons. The minimum absolute atomic E-state index is 0.0631. The van der Waals surface area contributed by atoms with Crippen molar-refractivity contribution in [3.05, 3.63) is 74.2 Å². The molecule has 174 valence electrons. The summed E-state index contributed by atoms with van der Waals surface area (Å²) in [6, 6.07) is 11.5. The number of hydrogen-bond donors (Lipinski definition) is 0. The van der Waals surface area contributed by atoms with Gasteiger partial charge in [0.05, 0.1) is 27.9 Å². The molecular formula is C22H22ClN3O5S2. The number of halogens is 1. The normalized spacial score (nSPS) is 14.9. The summed E-state index contributed by atoms with van der Waals surface area (Å²) in [5, 5.41) is 13.3. The zero-order chi connectivity index (χ0) is 23.6. The molecule has 1 aromatic heterocycles. The van der Waals surface area contributed by atoms with Gasteiger partial charge in [0.25, 0.3) is 5.69 Å². The second-order valence-corrected chi connectivity index (χ2v) is 11.2. The molecule has 2 heterocycles. The smallest absolute Gasteiger partial charge is 0.289 e. The number of thiazole rings is 1. The van der Waals surface area contributed by atoms with E-state index in [0.29, 0.717) is 32.4 Å². The first-order valence-corrected chi connectivity index (χ1v) is 13.1. The lowest BCUT2D eigenvalue weighted by Crippen LogP contribution is -2.39. The van der Waals surface area contributed by atoms with Gasteiger partial charge >= 0.3 is 0 Å². The molecule has 1 aliphatic rings. The van der Waals surface area contributed by atoms with Crippen molar-refractivity contribution >= 4 is 43.6 Å². The number of aromatic nitrogens is 1. The summed E-state index contributed by atoms with van der Waals surface area (Å²) < 4.78 is 31.4. The zero-order valence-corrected chi connectivity index (χ0v) is 20.2. The van der Waals surface area contributed by atoms with E-state index in [0.717, 1.165) is 28.2 Å². The van der Waals surface area contributed by atoms with Gasteiger partial charge in [0.2, 0.25) is 0 Å². The predicted molar refractivity (Wildman–Crippen MR) is 128 cm³/mol. The molecule has 0 bridgehead atoms. The molecule has 0 spiro atoms. The first kappa shape index (κ1) is 23.5. The summed E-state index contributed by atoms with van der Waals surface area (Å²) in [7, 11) is -2.06. The predicted octanol–water partition coefficient (Wildman–Crippen LogP) is 4.75. The number of rotatable bonds is 7. The molecule has 8 nitrogen and oxygen atoms in total. The number of nitro groups is 1. The van der Waals surface area contributed by atoms with E-state index in [1.54, 1.807) is 18.4 Å². The van der Waals surface area contributed by atoms with E-state index in [1.165, 1.54) is 12.1 Å². The third kappa shape index (κ3) is 5.13. The molecule has 2 aromatic carbocycles. The summed E-state index contributed by atoms with van der Waals surface area (Å²) in [6.07, 6.45) is 1.53. The van der Waals surface area contributed by atoms with Crippen LogP contribution in [0.25, 0.3) is 0 Å². The van der Waals surface area contributed by atoms with Crippen LogP contribution in [0.4, 0.5) is 10.8 Å². The van der Waals surface area contributed by atoms with Gasteiger partial charge in [-0.2, -0.15) is 0 Å². The monoisotopic (exact) mass is 507 g/mol. The van der Waals surface area contributed by atoms with Gasteiger partial charge in [0.1, 0.15) is 10.8 Å². The minimum atomic E-state index is -3.70. The van der Waals surface area contributed by atoms with Gasteiger partial charge in [-0.15, -0.1) is 11.3 Å². The Bertz CT molecular complexity index is 1270. The van der Waals surface area contributed by atoms with Crippen LogP contribution in [0.15, 0.2) is 52.7 Å². The lowest BCUT2D eigenvalue weighted by Gasteiger charge is -2.31. The Labute approximate surface area is 200 Å². The van der Waals surface area contributed by atoms with E-state index < -0.39 is 25.7 Å². The van der Waals surface area contributed by atoms with Crippen LogP contribution in [-0.4, -0.2) is 43.8 Å². The Morgan fingerprint density at radius 1 is 1.24 bits per heavy atom. The first-order chi connectivity index (χ1) is 15.8. The highest BCUT2D eigenvalue weighted by molar-refractivity contribution is 7.92. The molecule has 0 amide bonds. The van der Waals surface area contributed by atoms with Gasteiger partial charge in [-0.3, -0.25) is 10.1 Å². The molecule has 4 rings (SSSR count). The molecule has 1 fully saturated rings. The third-order valence-corrected chi connectivity index (χ3v) is 9.18. The number of sulfone groups is 1. The van der Waals surface area contributed by atoms with Crippen LogP contribution in [0.1, 0.15) is 24.1 Å². The lowest BCUT2D eigenvalue weighted by atomic mass is 10.1. The number of nitro benzene ring substituents is 1. The van der Waals surface area contributed by atoms with Crippen molar-refractivity contribution in [2.24, 2.45) is 0 Å². The fraction of sp³-hybridized carbons (Fsp3) is 0.318. The van der Waals surface area contributed by atoms with E-state index in [9.17, 15) is 18.5 Å². The average molecular weight is 508 g/mol. The average Bonchev–Trinajstić information content (AvgIpc) is 3.27. The maximum atomic E-state index is 13.1. The summed E-state index contributed by atoms with van der Waals surface area (Å²) in [5.74, 6) is 0.803. The van der Waals surface area contributed by atoms with Gasteiger partial charge in [0.15, 0.2) is 15.0 Å². The maximum absolute atomic E-state index is 13.1. The van der Waals surface area contributed by atoms with Crippen LogP contribution < -0.4 is 9.64 Å². The van der Waals surface area contributed by atoms with Crippen molar-refractivity contribution in [3.8, 4) is 5.75 Å². The van der Waals surface area contributed by atoms with Crippen LogP contribution >= 0.6 is 22.9 Å². The van der Waals surface area contributed by atoms with Crippen LogP contribution in [0.2, 0.25) is 5.02 Å². The Hall–Kier alpha value is -2.69. The first-order valence-electron chi connectivity index (χ1n) is 10.3. The second kappa shape index (κ2) is 9.66. The molecule has 33 heavy (non-hydrogen) atoms. The fourth-order valence-corrected chi connectivity index (χ4v) is 6.69. The van der Waals surface area contributed by atoms with Crippen molar-refractivity contribution in [2.75, 3.05) is 25.1 Å². The highest BCUT2D eigenvalue weighted by Gasteiger charge is 2.33. The van der Waals surface area contributed by atoms with Gasteiger partial charge in [0, 0.05) is 31.0 Å². The molecule has 3 aromatic rings. The molecule has 0 saturated carbocycles. The summed E-state index contributed by atoms with van der Waals surface area (Å²) in [5.41, 5.74) is 1.65. The highest BCUT2D eigenvalue weighted by Crippen LogP contribution is 2.33. The molecule has 0 aliphatic carbocycles. The minimum Gasteiger partial charge on any atom is -0.497 e. The van der Waals surface area contributed by atoms with Crippen molar-refractivity contribution in [1.29, 1.82) is 0 Å². The number of ether oxygens (including phenoxy) is 1.